The molecule has 0 saturated heterocycles. The molecule has 0 aliphatic heterocycles. The highest BCUT2D eigenvalue weighted by Crippen LogP contribution is 2.17. The Morgan fingerprint density at radius 1 is 0.943 bits per heavy atom. The molecule has 3 aromatic heterocycles. The monoisotopic (exact) mass is 464 g/mol. The minimum Gasteiger partial charge on any atom is -0.323 e. The number of carbonyl (C=O) groups is 1. The summed E-state index contributed by atoms with van der Waals surface area (Å²) < 4.78 is 5.27. The van der Waals surface area contributed by atoms with E-state index in [1.54, 1.807) is 23.0 Å². The molecule has 1 N–H and O–H groups in total. The zero-order chi connectivity index (χ0) is 24.5. The van der Waals surface area contributed by atoms with Gasteiger partial charge in [-0.05, 0) is 63.2 Å². The Balaban J connectivity index is 1.45. The van der Waals surface area contributed by atoms with Gasteiger partial charge in [0, 0.05) is 29.3 Å². The third kappa shape index (κ3) is 3.95. The largest absolute Gasteiger partial charge is 0.323 e. The van der Waals surface area contributed by atoms with Crippen LogP contribution in [0.1, 0.15) is 33.1 Å². The summed E-state index contributed by atoms with van der Waals surface area (Å²) in [5.74, 6) is 0.263. The minimum atomic E-state index is -0.315. The standard InChI is InChI=1S/C27H24N6O2/c1-18-16-21(17-28-30-26(34)23-11-5-7-13-25(23)31-14-8-9-15-31)19(2)32(18)33-20(3)29-24-12-6-4-10-22(24)27(33)35/h4-17H,1-3H3,(H,30,34). The molecule has 0 unspecified atom stereocenters. The molecule has 35 heavy (non-hydrogen) atoms. The van der Waals surface area contributed by atoms with Gasteiger partial charge >= 0.3 is 0 Å². The molecule has 0 bridgehead atoms. The van der Waals surface area contributed by atoms with E-state index in [1.165, 1.54) is 0 Å². The normalized spacial score (nSPS) is 11.4. The second kappa shape index (κ2) is 8.90. The number of aromatic nitrogens is 4. The van der Waals surface area contributed by atoms with Crippen LogP contribution in [-0.2, 0) is 0 Å². The third-order valence-corrected chi connectivity index (χ3v) is 5.95. The van der Waals surface area contributed by atoms with E-state index in [9.17, 15) is 9.59 Å². The van der Waals surface area contributed by atoms with Gasteiger partial charge < -0.3 is 4.57 Å². The third-order valence-electron chi connectivity index (χ3n) is 5.95. The molecule has 3 heterocycles. The maximum atomic E-state index is 13.3. The summed E-state index contributed by atoms with van der Waals surface area (Å²) in [6.07, 6.45) is 5.36. The Morgan fingerprint density at radius 2 is 1.66 bits per heavy atom. The van der Waals surface area contributed by atoms with E-state index in [0.717, 1.165) is 22.6 Å². The highest BCUT2D eigenvalue weighted by Gasteiger charge is 2.16. The molecular weight excluding hydrogens is 440 g/mol. The first-order valence-corrected chi connectivity index (χ1v) is 11.2. The lowest BCUT2D eigenvalue weighted by atomic mass is 10.1. The van der Waals surface area contributed by atoms with Crippen molar-refractivity contribution in [1.29, 1.82) is 0 Å². The summed E-state index contributed by atoms with van der Waals surface area (Å²) in [6.45, 7) is 5.62. The van der Waals surface area contributed by atoms with Gasteiger partial charge in [-0.15, -0.1) is 0 Å². The predicted molar refractivity (Wildman–Crippen MR) is 136 cm³/mol. The van der Waals surface area contributed by atoms with Gasteiger partial charge in [-0.1, -0.05) is 24.3 Å². The molecule has 5 rings (SSSR count). The van der Waals surface area contributed by atoms with Gasteiger partial charge in [0.25, 0.3) is 11.5 Å². The fourth-order valence-electron chi connectivity index (χ4n) is 4.29. The van der Waals surface area contributed by atoms with E-state index in [2.05, 4.69) is 15.5 Å². The van der Waals surface area contributed by atoms with Crippen LogP contribution in [0.5, 0.6) is 0 Å². The van der Waals surface area contributed by atoms with Crippen LogP contribution in [0.15, 0.2) is 89.0 Å². The van der Waals surface area contributed by atoms with Crippen LogP contribution in [0.4, 0.5) is 0 Å². The van der Waals surface area contributed by atoms with E-state index < -0.39 is 0 Å². The van der Waals surface area contributed by atoms with Crippen LogP contribution in [0, 0.1) is 20.8 Å². The molecule has 0 spiro atoms. The van der Waals surface area contributed by atoms with Crippen LogP contribution >= 0.6 is 0 Å². The summed E-state index contributed by atoms with van der Waals surface area (Å²) in [5, 5.41) is 4.74. The topological polar surface area (TPSA) is 86.2 Å². The van der Waals surface area contributed by atoms with Gasteiger partial charge in [-0.25, -0.2) is 10.4 Å². The van der Waals surface area contributed by atoms with E-state index in [1.807, 2.05) is 97.0 Å². The number of hydrazone groups is 1. The number of rotatable bonds is 5. The van der Waals surface area contributed by atoms with Crippen molar-refractivity contribution in [3.63, 3.8) is 0 Å². The number of amides is 1. The summed E-state index contributed by atoms with van der Waals surface area (Å²) >= 11 is 0. The van der Waals surface area contributed by atoms with Crippen molar-refractivity contribution in [2.24, 2.45) is 5.10 Å². The van der Waals surface area contributed by atoms with Gasteiger partial charge in [-0.3, -0.25) is 14.3 Å². The Morgan fingerprint density at radius 3 is 2.46 bits per heavy atom. The van der Waals surface area contributed by atoms with Gasteiger partial charge in [0.2, 0.25) is 0 Å². The molecule has 0 saturated carbocycles. The van der Waals surface area contributed by atoms with Crippen molar-refractivity contribution in [2.45, 2.75) is 20.8 Å². The van der Waals surface area contributed by atoms with Gasteiger partial charge in [0.15, 0.2) is 0 Å². The minimum absolute atomic E-state index is 0.145. The maximum absolute atomic E-state index is 13.3. The van der Waals surface area contributed by atoms with Gasteiger partial charge in [-0.2, -0.15) is 9.78 Å². The summed E-state index contributed by atoms with van der Waals surface area (Å²) in [7, 11) is 0. The molecule has 1 amide bonds. The highest BCUT2D eigenvalue weighted by molar-refractivity contribution is 5.98. The molecule has 8 heteroatoms. The van der Waals surface area contributed by atoms with E-state index in [-0.39, 0.29) is 11.5 Å². The van der Waals surface area contributed by atoms with Crippen molar-refractivity contribution >= 4 is 23.0 Å². The number of fused-ring (bicyclic) bond motifs is 1. The Labute approximate surface area is 201 Å². The molecule has 8 nitrogen and oxygen atoms in total. The lowest BCUT2D eigenvalue weighted by Crippen LogP contribution is -2.30. The molecule has 0 atom stereocenters. The number of benzene rings is 2. The van der Waals surface area contributed by atoms with Crippen LogP contribution in [0.2, 0.25) is 0 Å². The smallest absolute Gasteiger partial charge is 0.280 e. The van der Waals surface area contributed by atoms with Crippen LogP contribution in [0.25, 0.3) is 16.6 Å². The first kappa shape index (κ1) is 22.1. The molecule has 5 aromatic rings. The summed E-state index contributed by atoms with van der Waals surface area (Å²) in [4.78, 5) is 30.7. The number of carbonyl (C=O) groups excluding carboxylic acids is 1. The second-order valence-electron chi connectivity index (χ2n) is 8.24. The van der Waals surface area contributed by atoms with E-state index in [4.69, 9.17) is 0 Å². The Kier molecular flexibility index (Phi) is 5.62. The quantitative estimate of drug-likeness (QED) is 0.315. The van der Waals surface area contributed by atoms with Gasteiger partial charge in [0.05, 0.1) is 28.4 Å². The fraction of sp³-hybridized carbons (Fsp3) is 0.111. The van der Waals surface area contributed by atoms with Crippen LogP contribution < -0.4 is 11.0 Å². The molecule has 2 aromatic carbocycles. The molecule has 0 radical (unpaired) electrons. The van der Waals surface area contributed by atoms with Crippen molar-refractivity contribution in [3.8, 4) is 5.69 Å². The highest BCUT2D eigenvalue weighted by atomic mass is 16.2. The zero-order valence-corrected chi connectivity index (χ0v) is 19.6. The molecule has 0 fully saturated rings. The number of aryl methyl sites for hydroxylation is 2. The number of para-hydroxylation sites is 2. The fourth-order valence-corrected chi connectivity index (χ4v) is 4.29. The average molecular weight is 465 g/mol. The molecule has 0 aliphatic rings. The first-order valence-electron chi connectivity index (χ1n) is 11.2. The maximum Gasteiger partial charge on any atom is 0.280 e. The van der Waals surface area contributed by atoms with Gasteiger partial charge in [0.1, 0.15) is 5.82 Å². The lowest BCUT2D eigenvalue weighted by Gasteiger charge is -2.16. The number of nitrogens with one attached hydrogen (secondary N) is 1. The van der Waals surface area contributed by atoms with Crippen molar-refractivity contribution in [2.75, 3.05) is 0 Å². The van der Waals surface area contributed by atoms with E-state index in [0.29, 0.717) is 22.3 Å². The molecule has 174 valence electrons. The predicted octanol–water partition coefficient (Wildman–Crippen LogP) is 3.99. The number of hydrogen-bond acceptors (Lipinski definition) is 4. The Hall–Kier alpha value is -4.72. The average Bonchev–Trinajstić information content (AvgIpc) is 3.48. The van der Waals surface area contributed by atoms with E-state index >= 15 is 0 Å². The zero-order valence-electron chi connectivity index (χ0n) is 19.6. The van der Waals surface area contributed by atoms with Crippen LogP contribution in [-0.4, -0.2) is 31.0 Å². The second-order valence-corrected chi connectivity index (χ2v) is 8.24. The SMILES string of the molecule is Cc1cc(C=NNC(=O)c2ccccc2-n2cccc2)c(C)n1-n1c(C)nc2ccccc2c1=O. The Bertz CT molecular complexity index is 1640. The van der Waals surface area contributed by atoms with Crippen LogP contribution in [0.3, 0.4) is 0 Å². The number of hydrogen-bond donors (Lipinski definition) is 1. The lowest BCUT2D eigenvalue weighted by molar-refractivity contribution is 0.0955. The van der Waals surface area contributed by atoms with Crippen molar-refractivity contribution < 1.29 is 4.79 Å². The number of nitrogens with zero attached hydrogens (tertiary/aromatic N) is 5. The molecular formula is C27H24N6O2. The first-order chi connectivity index (χ1) is 17.0. The van der Waals surface area contributed by atoms with Crippen molar-refractivity contribution in [3.05, 3.63) is 118 Å². The molecule has 0 aliphatic carbocycles. The van der Waals surface area contributed by atoms with Crippen molar-refractivity contribution in [1.82, 2.24) is 24.3 Å². The summed E-state index contributed by atoms with van der Waals surface area (Å²) in [5.41, 5.74) is 6.84. The summed E-state index contributed by atoms with van der Waals surface area (Å²) in [6, 6.07) is 20.4.